The Labute approximate surface area is 107 Å². The number of aliphatic hydroxyl groups is 1. The van der Waals surface area contributed by atoms with E-state index in [9.17, 15) is 0 Å². The van der Waals surface area contributed by atoms with Crippen molar-refractivity contribution in [2.24, 2.45) is 5.73 Å². The van der Waals surface area contributed by atoms with Crippen LogP contribution < -0.4 is 11.1 Å². The van der Waals surface area contributed by atoms with Gasteiger partial charge in [-0.2, -0.15) is 5.10 Å². The normalized spacial score (nSPS) is 30.9. The second-order valence-corrected chi connectivity index (χ2v) is 5.53. The van der Waals surface area contributed by atoms with Crippen molar-refractivity contribution in [2.45, 2.75) is 56.8 Å². The van der Waals surface area contributed by atoms with E-state index in [4.69, 9.17) is 10.8 Å². The number of nitrogens with zero attached hydrogens (tertiary/aromatic N) is 2. The monoisotopic (exact) mass is 250 g/mol. The van der Waals surface area contributed by atoms with Gasteiger partial charge in [-0.25, -0.2) is 0 Å². The molecule has 4 N–H and O–H groups in total. The second-order valence-electron chi connectivity index (χ2n) is 5.53. The van der Waals surface area contributed by atoms with E-state index in [0.717, 1.165) is 19.3 Å². The molecule has 2 aliphatic carbocycles. The molecule has 0 radical (unpaired) electrons. The lowest BCUT2D eigenvalue weighted by atomic mass is 9.85. The molecule has 0 amide bonds. The summed E-state index contributed by atoms with van der Waals surface area (Å²) in [6, 6.07) is 1.40. The molecule has 1 heterocycles. The van der Waals surface area contributed by atoms with E-state index < -0.39 is 0 Å². The first-order chi connectivity index (χ1) is 8.78. The number of hydrogen-bond acceptors (Lipinski definition) is 4. The zero-order valence-electron chi connectivity index (χ0n) is 10.7. The summed E-state index contributed by atoms with van der Waals surface area (Å²) in [6.45, 7) is 0.764. The van der Waals surface area contributed by atoms with Gasteiger partial charge in [0, 0.05) is 29.4 Å². The Morgan fingerprint density at radius 1 is 1.50 bits per heavy atom. The van der Waals surface area contributed by atoms with Crippen LogP contribution in [0.1, 0.15) is 43.0 Å². The lowest BCUT2D eigenvalue weighted by molar-refractivity contribution is 0.252. The third kappa shape index (κ3) is 2.18. The highest BCUT2D eigenvalue weighted by Crippen LogP contribution is 2.32. The summed E-state index contributed by atoms with van der Waals surface area (Å²) in [5.74, 6) is 0. The van der Waals surface area contributed by atoms with Crippen LogP contribution >= 0.6 is 0 Å². The van der Waals surface area contributed by atoms with Gasteiger partial charge in [0.1, 0.15) is 0 Å². The molecule has 1 aromatic rings. The molecule has 18 heavy (non-hydrogen) atoms. The quantitative estimate of drug-likeness (QED) is 0.720. The van der Waals surface area contributed by atoms with Gasteiger partial charge in [-0.3, -0.25) is 4.68 Å². The smallest absolute Gasteiger partial charge is 0.0644 e. The molecule has 5 heteroatoms. The number of rotatable bonds is 4. The molecule has 1 unspecified atom stereocenters. The van der Waals surface area contributed by atoms with Crippen molar-refractivity contribution in [1.82, 2.24) is 15.1 Å². The fourth-order valence-corrected chi connectivity index (χ4v) is 3.16. The summed E-state index contributed by atoms with van der Waals surface area (Å²) in [5, 5.41) is 17.1. The maximum atomic E-state index is 9.04. The fourth-order valence-electron chi connectivity index (χ4n) is 3.16. The highest BCUT2D eigenvalue weighted by atomic mass is 16.3. The molecule has 0 aliphatic heterocycles. The average molecular weight is 250 g/mol. The van der Waals surface area contributed by atoms with E-state index in [0.29, 0.717) is 24.7 Å². The van der Waals surface area contributed by atoms with E-state index in [2.05, 4.69) is 10.4 Å². The zero-order valence-corrected chi connectivity index (χ0v) is 10.7. The van der Waals surface area contributed by atoms with Gasteiger partial charge in [0.2, 0.25) is 0 Å². The Kier molecular flexibility index (Phi) is 3.37. The van der Waals surface area contributed by atoms with Crippen LogP contribution in [0.25, 0.3) is 0 Å². The first-order valence-corrected chi connectivity index (χ1v) is 6.95. The minimum atomic E-state index is 0.156. The van der Waals surface area contributed by atoms with Gasteiger partial charge in [-0.1, -0.05) is 0 Å². The molecule has 3 rings (SSSR count). The molecule has 1 aromatic heterocycles. The SMILES string of the molecule is NC1CC(NC2CCCc3c2cnn3CCO)C1. The van der Waals surface area contributed by atoms with Crippen LogP contribution in [0.4, 0.5) is 0 Å². The minimum absolute atomic E-state index is 0.156. The standard InChI is InChI=1S/C13H22N4O/c14-9-6-10(7-9)16-12-2-1-3-13-11(12)8-15-17(13)4-5-18/h8-10,12,16,18H,1-7,14H2. The van der Waals surface area contributed by atoms with Crippen molar-refractivity contribution in [3.8, 4) is 0 Å². The van der Waals surface area contributed by atoms with Gasteiger partial charge < -0.3 is 16.2 Å². The van der Waals surface area contributed by atoms with E-state index in [1.165, 1.54) is 24.1 Å². The van der Waals surface area contributed by atoms with Crippen molar-refractivity contribution in [3.63, 3.8) is 0 Å². The third-order valence-electron chi connectivity index (χ3n) is 4.19. The van der Waals surface area contributed by atoms with Crippen LogP contribution in [0.2, 0.25) is 0 Å². The third-order valence-corrected chi connectivity index (χ3v) is 4.19. The molecular weight excluding hydrogens is 228 g/mol. The Balaban J connectivity index is 1.71. The van der Waals surface area contributed by atoms with Crippen molar-refractivity contribution in [1.29, 1.82) is 0 Å². The average Bonchev–Trinajstić information content (AvgIpc) is 2.72. The Bertz CT molecular complexity index is 411. The van der Waals surface area contributed by atoms with Crippen LogP contribution in [0.3, 0.4) is 0 Å². The number of aliphatic hydroxyl groups excluding tert-OH is 1. The minimum Gasteiger partial charge on any atom is -0.394 e. The van der Waals surface area contributed by atoms with E-state index >= 15 is 0 Å². The first kappa shape index (κ1) is 12.1. The van der Waals surface area contributed by atoms with Crippen LogP contribution in [0, 0.1) is 0 Å². The van der Waals surface area contributed by atoms with E-state index in [1.807, 2.05) is 10.9 Å². The van der Waals surface area contributed by atoms with Gasteiger partial charge in [0.05, 0.1) is 19.3 Å². The van der Waals surface area contributed by atoms with Gasteiger partial charge in [0.15, 0.2) is 0 Å². The first-order valence-electron chi connectivity index (χ1n) is 6.95. The fraction of sp³-hybridized carbons (Fsp3) is 0.769. The zero-order chi connectivity index (χ0) is 12.5. The Morgan fingerprint density at radius 3 is 3.06 bits per heavy atom. The van der Waals surface area contributed by atoms with E-state index in [-0.39, 0.29) is 6.61 Å². The van der Waals surface area contributed by atoms with Crippen molar-refractivity contribution < 1.29 is 5.11 Å². The van der Waals surface area contributed by atoms with Crippen molar-refractivity contribution >= 4 is 0 Å². The number of aromatic nitrogens is 2. The number of nitrogens with one attached hydrogen (secondary N) is 1. The number of hydrogen-bond donors (Lipinski definition) is 3. The predicted octanol–water partition coefficient (Wildman–Crippen LogP) is 0.332. The van der Waals surface area contributed by atoms with Crippen molar-refractivity contribution in [2.75, 3.05) is 6.61 Å². The topological polar surface area (TPSA) is 76.1 Å². The Morgan fingerprint density at radius 2 is 2.33 bits per heavy atom. The molecule has 1 saturated carbocycles. The summed E-state index contributed by atoms with van der Waals surface area (Å²) in [4.78, 5) is 0. The molecule has 0 bridgehead atoms. The molecule has 1 fully saturated rings. The lowest BCUT2D eigenvalue weighted by Gasteiger charge is -2.37. The summed E-state index contributed by atoms with van der Waals surface area (Å²) in [5.41, 5.74) is 8.46. The van der Waals surface area contributed by atoms with Crippen LogP contribution in [0.5, 0.6) is 0 Å². The second kappa shape index (κ2) is 4.99. The summed E-state index contributed by atoms with van der Waals surface area (Å²) in [6.07, 6.45) is 7.62. The van der Waals surface area contributed by atoms with Gasteiger partial charge >= 0.3 is 0 Å². The maximum Gasteiger partial charge on any atom is 0.0644 e. The van der Waals surface area contributed by atoms with Crippen LogP contribution in [-0.4, -0.2) is 33.6 Å². The molecule has 1 atom stereocenters. The molecule has 2 aliphatic rings. The number of nitrogens with two attached hydrogens (primary N) is 1. The van der Waals surface area contributed by atoms with E-state index in [1.54, 1.807) is 0 Å². The van der Waals surface area contributed by atoms with Crippen LogP contribution in [-0.2, 0) is 13.0 Å². The molecule has 0 aromatic carbocycles. The van der Waals surface area contributed by atoms with Gasteiger partial charge in [0.25, 0.3) is 0 Å². The predicted molar refractivity (Wildman–Crippen MR) is 69.1 cm³/mol. The largest absolute Gasteiger partial charge is 0.394 e. The molecule has 0 spiro atoms. The molecular formula is C13H22N4O. The molecule has 5 nitrogen and oxygen atoms in total. The summed E-state index contributed by atoms with van der Waals surface area (Å²) < 4.78 is 1.95. The molecule has 0 saturated heterocycles. The van der Waals surface area contributed by atoms with Gasteiger partial charge in [-0.15, -0.1) is 0 Å². The molecule has 100 valence electrons. The highest BCUT2D eigenvalue weighted by molar-refractivity contribution is 5.25. The lowest BCUT2D eigenvalue weighted by Crippen LogP contribution is -2.49. The number of fused-ring (bicyclic) bond motifs is 1. The summed E-state index contributed by atoms with van der Waals surface area (Å²) in [7, 11) is 0. The maximum absolute atomic E-state index is 9.04. The van der Waals surface area contributed by atoms with Gasteiger partial charge in [-0.05, 0) is 32.1 Å². The van der Waals surface area contributed by atoms with Crippen molar-refractivity contribution in [3.05, 3.63) is 17.5 Å². The Hall–Kier alpha value is -0.910. The highest BCUT2D eigenvalue weighted by Gasteiger charge is 2.31. The summed E-state index contributed by atoms with van der Waals surface area (Å²) >= 11 is 0. The van der Waals surface area contributed by atoms with Crippen LogP contribution in [0.15, 0.2) is 6.20 Å².